The van der Waals surface area contributed by atoms with Gasteiger partial charge in [-0.15, -0.1) is 11.3 Å². The monoisotopic (exact) mass is 315 g/mol. The van der Waals surface area contributed by atoms with Crippen LogP contribution in [0.4, 0.5) is 0 Å². The van der Waals surface area contributed by atoms with Gasteiger partial charge >= 0.3 is 0 Å². The zero-order valence-corrected chi connectivity index (χ0v) is 14.3. The number of hydrogen-bond acceptors (Lipinski definition) is 1. The molecule has 2 heterocycles. The lowest BCUT2D eigenvalue weighted by atomic mass is 10.0. The number of aryl methyl sites for hydroxylation is 3. The number of fused-ring (bicyclic) bond motifs is 6. The number of rotatable bonds is 0. The Kier molecular flexibility index (Phi) is 2.49. The second-order valence-corrected chi connectivity index (χ2v) is 7.42. The first kappa shape index (κ1) is 13.1. The van der Waals surface area contributed by atoms with E-state index in [9.17, 15) is 0 Å². The van der Waals surface area contributed by atoms with Crippen LogP contribution >= 0.6 is 11.3 Å². The summed E-state index contributed by atoms with van der Waals surface area (Å²) in [5, 5.41) is 5.51. The Hall–Kier alpha value is -2.32. The Morgan fingerprint density at radius 1 is 0.783 bits per heavy atom. The van der Waals surface area contributed by atoms with Gasteiger partial charge in [-0.2, -0.15) is 0 Å². The van der Waals surface area contributed by atoms with E-state index in [4.69, 9.17) is 0 Å². The van der Waals surface area contributed by atoms with Crippen molar-refractivity contribution in [1.29, 1.82) is 0 Å². The molecule has 3 aromatic carbocycles. The van der Waals surface area contributed by atoms with Crippen LogP contribution in [0.15, 0.2) is 48.5 Å². The fourth-order valence-electron chi connectivity index (χ4n) is 3.98. The van der Waals surface area contributed by atoms with Crippen LogP contribution in [-0.2, 0) is 7.05 Å². The summed E-state index contributed by atoms with van der Waals surface area (Å²) in [6, 6.07) is 17.8. The summed E-state index contributed by atoms with van der Waals surface area (Å²) < 4.78 is 5.19. The van der Waals surface area contributed by atoms with E-state index >= 15 is 0 Å². The van der Waals surface area contributed by atoms with Crippen molar-refractivity contribution in [3.8, 4) is 0 Å². The summed E-state index contributed by atoms with van der Waals surface area (Å²) in [4.78, 5) is 0. The van der Waals surface area contributed by atoms with Crippen LogP contribution in [0.3, 0.4) is 0 Å². The zero-order chi connectivity index (χ0) is 15.7. The molecule has 0 unspecified atom stereocenters. The number of benzene rings is 3. The van der Waals surface area contributed by atoms with Crippen LogP contribution in [0.2, 0.25) is 0 Å². The normalized spacial score (nSPS) is 12.1. The molecule has 5 aromatic rings. The van der Waals surface area contributed by atoms with Gasteiger partial charge in [-0.05, 0) is 37.1 Å². The number of thiophene rings is 1. The molecule has 0 N–H and O–H groups in total. The van der Waals surface area contributed by atoms with Crippen molar-refractivity contribution in [2.24, 2.45) is 7.05 Å². The van der Waals surface area contributed by atoms with Crippen LogP contribution in [-0.4, -0.2) is 4.57 Å². The maximum absolute atomic E-state index is 2.40. The lowest BCUT2D eigenvalue weighted by Gasteiger charge is -2.03. The lowest BCUT2D eigenvalue weighted by Crippen LogP contribution is -1.89. The van der Waals surface area contributed by atoms with Gasteiger partial charge in [0.1, 0.15) is 0 Å². The van der Waals surface area contributed by atoms with E-state index in [1.165, 1.54) is 53.1 Å². The van der Waals surface area contributed by atoms with Crippen LogP contribution in [0.5, 0.6) is 0 Å². The fourth-order valence-corrected chi connectivity index (χ4v) is 5.23. The molecular formula is C21H17NS. The highest BCUT2D eigenvalue weighted by molar-refractivity contribution is 7.26. The molecular weight excluding hydrogens is 298 g/mol. The Bertz CT molecular complexity index is 1240. The molecule has 5 rings (SSSR count). The molecule has 0 saturated carbocycles. The quantitative estimate of drug-likeness (QED) is 0.315. The molecule has 2 aromatic heterocycles. The van der Waals surface area contributed by atoms with Gasteiger partial charge in [-0.1, -0.05) is 36.4 Å². The molecule has 0 bridgehead atoms. The number of hydrogen-bond donors (Lipinski definition) is 0. The molecule has 2 heteroatoms. The third-order valence-corrected chi connectivity index (χ3v) is 6.56. The van der Waals surface area contributed by atoms with Crippen molar-refractivity contribution in [1.82, 2.24) is 4.57 Å². The van der Waals surface area contributed by atoms with Crippen LogP contribution < -0.4 is 0 Å². The van der Waals surface area contributed by atoms with Crippen molar-refractivity contribution in [3.63, 3.8) is 0 Å². The van der Waals surface area contributed by atoms with Crippen molar-refractivity contribution < 1.29 is 0 Å². The molecule has 0 aliphatic carbocycles. The summed E-state index contributed by atoms with van der Waals surface area (Å²) in [5.74, 6) is 0. The van der Waals surface area contributed by atoms with Crippen LogP contribution in [0, 0.1) is 13.8 Å². The largest absolute Gasteiger partial charge is 0.343 e. The van der Waals surface area contributed by atoms with E-state index in [-0.39, 0.29) is 0 Å². The first-order valence-electron chi connectivity index (χ1n) is 7.95. The minimum Gasteiger partial charge on any atom is -0.343 e. The van der Waals surface area contributed by atoms with Gasteiger partial charge in [0.05, 0.1) is 5.52 Å². The van der Waals surface area contributed by atoms with Crippen molar-refractivity contribution in [2.75, 3.05) is 0 Å². The summed E-state index contributed by atoms with van der Waals surface area (Å²) in [6.07, 6.45) is 0. The van der Waals surface area contributed by atoms with E-state index in [0.717, 1.165) is 0 Å². The van der Waals surface area contributed by atoms with E-state index in [2.05, 4.69) is 74.0 Å². The molecule has 0 aliphatic rings. The molecule has 0 saturated heterocycles. The Balaban J connectivity index is 2.12. The van der Waals surface area contributed by atoms with Gasteiger partial charge in [0.2, 0.25) is 0 Å². The highest BCUT2D eigenvalue weighted by Crippen LogP contribution is 2.42. The molecule has 23 heavy (non-hydrogen) atoms. The topological polar surface area (TPSA) is 4.93 Å². The smallest absolute Gasteiger partial charge is 0.0533 e. The third-order valence-electron chi connectivity index (χ3n) is 5.08. The molecule has 0 amide bonds. The summed E-state index contributed by atoms with van der Waals surface area (Å²) in [5.41, 5.74) is 5.44. The lowest BCUT2D eigenvalue weighted by molar-refractivity contribution is 1.01. The molecule has 112 valence electrons. The van der Waals surface area contributed by atoms with Gasteiger partial charge in [0.25, 0.3) is 0 Å². The standard InChI is InChI=1S/C21H17NS/c1-12-7-6-9-15-17-11-16-14-8-4-5-10-18(14)22(3)19(16)13(2)21(17)23-20(12)15/h4-11H,1-3H3. The van der Waals surface area contributed by atoms with Crippen LogP contribution in [0.1, 0.15) is 11.1 Å². The summed E-state index contributed by atoms with van der Waals surface area (Å²) in [7, 11) is 2.18. The predicted octanol–water partition coefficient (Wildman–Crippen LogP) is 6.32. The van der Waals surface area contributed by atoms with Crippen molar-refractivity contribution in [2.45, 2.75) is 13.8 Å². The van der Waals surface area contributed by atoms with Gasteiger partial charge < -0.3 is 4.57 Å². The molecule has 0 fully saturated rings. The Labute approximate surface area is 138 Å². The third kappa shape index (κ3) is 1.57. The minimum absolute atomic E-state index is 1.31. The van der Waals surface area contributed by atoms with Crippen LogP contribution in [0.25, 0.3) is 42.0 Å². The predicted molar refractivity (Wildman–Crippen MR) is 103 cm³/mol. The average Bonchev–Trinajstić information content (AvgIpc) is 3.07. The van der Waals surface area contributed by atoms with E-state index in [0.29, 0.717) is 0 Å². The van der Waals surface area contributed by atoms with Gasteiger partial charge in [-0.25, -0.2) is 0 Å². The first-order valence-corrected chi connectivity index (χ1v) is 8.77. The number of aromatic nitrogens is 1. The van der Waals surface area contributed by atoms with Crippen molar-refractivity contribution >= 4 is 53.3 Å². The fraction of sp³-hybridized carbons (Fsp3) is 0.143. The Morgan fingerprint density at radius 3 is 2.43 bits per heavy atom. The molecule has 1 nitrogen and oxygen atoms in total. The average molecular weight is 315 g/mol. The Morgan fingerprint density at radius 2 is 1.57 bits per heavy atom. The zero-order valence-electron chi connectivity index (χ0n) is 13.5. The number of nitrogens with zero attached hydrogens (tertiary/aromatic N) is 1. The van der Waals surface area contributed by atoms with E-state index in [1.807, 2.05) is 11.3 Å². The van der Waals surface area contributed by atoms with E-state index in [1.54, 1.807) is 0 Å². The highest BCUT2D eigenvalue weighted by Gasteiger charge is 2.16. The van der Waals surface area contributed by atoms with Gasteiger partial charge in [0.15, 0.2) is 0 Å². The minimum atomic E-state index is 1.31. The molecule has 0 atom stereocenters. The maximum Gasteiger partial charge on any atom is 0.0533 e. The molecule has 0 aliphatic heterocycles. The molecule has 0 spiro atoms. The second-order valence-electron chi connectivity index (χ2n) is 6.40. The second kappa shape index (κ2) is 4.36. The van der Waals surface area contributed by atoms with E-state index < -0.39 is 0 Å². The summed E-state index contributed by atoms with van der Waals surface area (Å²) in [6.45, 7) is 4.48. The highest BCUT2D eigenvalue weighted by atomic mass is 32.1. The number of para-hydroxylation sites is 1. The molecule has 0 radical (unpaired) electrons. The van der Waals surface area contributed by atoms with Gasteiger partial charge in [0, 0.05) is 43.5 Å². The maximum atomic E-state index is 2.40. The first-order chi connectivity index (χ1) is 11.2. The van der Waals surface area contributed by atoms with Gasteiger partial charge in [-0.3, -0.25) is 0 Å². The van der Waals surface area contributed by atoms with Crippen molar-refractivity contribution in [3.05, 3.63) is 59.7 Å². The SMILES string of the molecule is Cc1cccc2c1sc1c(C)c3c(cc12)c1ccccc1n3C. The summed E-state index contributed by atoms with van der Waals surface area (Å²) >= 11 is 1.94.